The van der Waals surface area contributed by atoms with E-state index in [0.717, 1.165) is 13.1 Å². The van der Waals surface area contributed by atoms with Gasteiger partial charge in [0.25, 0.3) is 0 Å². The number of hydrogen-bond acceptors (Lipinski definition) is 2. The molecule has 0 spiro atoms. The Morgan fingerprint density at radius 1 is 1.46 bits per heavy atom. The van der Waals surface area contributed by atoms with E-state index in [1.54, 1.807) is 0 Å². The van der Waals surface area contributed by atoms with Crippen molar-refractivity contribution in [3.8, 4) is 0 Å². The second kappa shape index (κ2) is 3.14. The van der Waals surface area contributed by atoms with Crippen LogP contribution in [0.2, 0.25) is 0 Å². The maximum Gasteiger partial charge on any atom is 0.0945 e. The fraction of sp³-hybridized carbons (Fsp3) is 0.700. The first-order valence-electron chi connectivity index (χ1n) is 4.90. The summed E-state index contributed by atoms with van der Waals surface area (Å²) in [6.07, 6.45) is 6.33. The Bertz CT molecular complexity index is 284. The predicted molar refractivity (Wildman–Crippen MR) is 52.7 cm³/mol. The van der Waals surface area contributed by atoms with Gasteiger partial charge in [-0.1, -0.05) is 6.92 Å². The quantitative estimate of drug-likeness (QED) is 0.698. The van der Waals surface area contributed by atoms with E-state index in [0.29, 0.717) is 5.41 Å². The van der Waals surface area contributed by atoms with Crippen LogP contribution in [-0.4, -0.2) is 22.6 Å². The molecule has 3 heteroatoms. The number of aryl methyl sites for hydroxylation is 1. The number of hydrogen-bond donors (Lipinski definition) is 1. The lowest BCUT2D eigenvalue weighted by atomic mass is 9.78. The van der Waals surface area contributed by atoms with E-state index >= 15 is 0 Å². The number of piperidine rings is 1. The molecule has 0 saturated carbocycles. The molecule has 0 unspecified atom stereocenters. The van der Waals surface area contributed by atoms with Gasteiger partial charge in [-0.15, -0.1) is 0 Å². The lowest BCUT2D eigenvalue weighted by Crippen LogP contribution is -2.38. The van der Waals surface area contributed by atoms with Crippen molar-refractivity contribution < 1.29 is 0 Å². The standard InChI is InChI=1S/C10H17N3/c1-10(3-5-11-6-4-10)9-7-12-8-13(9)2/h7-8,11H,3-6H2,1-2H3. The van der Waals surface area contributed by atoms with E-state index in [9.17, 15) is 0 Å². The number of nitrogens with one attached hydrogen (secondary N) is 1. The zero-order valence-corrected chi connectivity index (χ0v) is 8.38. The van der Waals surface area contributed by atoms with Crippen molar-refractivity contribution in [1.82, 2.24) is 14.9 Å². The maximum atomic E-state index is 4.18. The van der Waals surface area contributed by atoms with Crippen LogP contribution in [0.25, 0.3) is 0 Å². The van der Waals surface area contributed by atoms with Crippen molar-refractivity contribution in [1.29, 1.82) is 0 Å². The van der Waals surface area contributed by atoms with Crippen LogP contribution in [0.5, 0.6) is 0 Å². The molecule has 1 aromatic rings. The summed E-state index contributed by atoms with van der Waals surface area (Å²) < 4.78 is 2.14. The van der Waals surface area contributed by atoms with Gasteiger partial charge in [0.05, 0.1) is 6.33 Å². The molecule has 2 heterocycles. The van der Waals surface area contributed by atoms with Gasteiger partial charge in [-0.2, -0.15) is 0 Å². The second-order valence-corrected chi connectivity index (χ2v) is 4.20. The highest BCUT2D eigenvalue weighted by Gasteiger charge is 2.30. The fourth-order valence-electron chi connectivity index (χ4n) is 2.17. The van der Waals surface area contributed by atoms with Gasteiger partial charge in [0.1, 0.15) is 0 Å². The van der Waals surface area contributed by atoms with Crippen LogP contribution in [0.15, 0.2) is 12.5 Å². The van der Waals surface area contributed by atoms with E-state index in [1.807, 2.05) is 12.5 Å². The van der Waals surface area contributed by atoms with Gasteiger partial charge < -0.3 is 9.88 Å². The Labute approximate surface area is 79.2 Å². The van der Waals surface area contributed by atoms with Gasteiger partial charge in [-0.3, -0.25) is 0 Å². The highest BCUT2D eigenvalue weighted by atomic mass is 15.0. The summed E-state index contributed by atoms with van der Waals surface area (Å²) in [6.45, 7) is 4.59. The minimum absolute atomic E-state index is 0.330. The Kier molecular flexibility index (Phi) is 2.12. The average Bonchev–Trinajstić information content (AvgIpc) is 2.53. The first-order valence-corrected chi connectivity index (χ1v) is 4.90. The summed E-state index contributed by atoms with van der Waals surface area (Å²) in [5.74, 6) is 0. The summed E-state index contributed by atoms with van der Waals surface area (Å²) in [5.41, 5.74) is 1.70. The molecular weight excluding hydrogens is 162 g/mol. The van der Waals surface area contributed by atoms with Crippen LogP contribution in [0.1, 0.15) is 25.5 Å². The first-order chi connectivity index (χ1) is 6.22. The fourth-order valence-corrected chi connectivity index (χ4v) is 2.17. The molecule has 0 aliphatic carbocycles. The summed E-state index contributed by atoms with van der Waals surface area (Å²) >= 11 is 0. The van der Waals surface area contributed by atoms with Gasteiger partial charge in [0.2, 0.25) is 0 Å². The highest BCUT2D eigenvalue weighted by molar-refractivity contribution is 5.14. The molecule has 1 saturated heterocycles. The smallest absolute Gasteiger partial charge is 0.0945 e. The molecule has 0 amide bonds. The molecule has 1 aliphatic rings. The Morgan fingerprint density at radius 2 is 2.15 bits per heavy atom. The van der Waals surface area contributed by atoms with Gasteiger partial charge in [-0.05, 0) is 25.9 Å². The summed E-state index contributed by atoms with van der Waals surface area (Å²) in [7, 11) is 2.08. The third-order valence-corrected chi connectivity index (χ3v) is 3.14. The maximum absolute atomic E-state index is 4.18. The van der Waals surface area contributed by atoms with Crippen LogP contribution in [-0.2, 0) is 12.5 Å². The third kappa shape index (κ3) is 1.48. The molecule has 0 atom stereocenters. The van der Waals surface area contributed by atoms with E-state index in [-0.39, 0.29) is 0 Å². The summed E-state index contributed by atoms with van der Waals surface area (Å²) in [4.78, 5) is 4.18. The van der Waals surface area contributed by atoms with Crippen LogP contribution >= 0.6 is 0 Å². The molecule has 1 fully saturated rings. The van der Waals surface area contributed by atoms with Crippen LogP contribution in [0.3, 0.4) is 0 Å². The van der Waals surface area contributed by atoms with E-state index in [2.05, 4.69) is 28.8 Å². The monoisotopic (exact) mass is 179 g/mol. The van der Waals surface area contributed by atoms with Crippen LogP contribution in [0, 0.1) is 0 Å². The lowest BCUT2D eigenvalue weighted by Gasteiger charge is -2.34. The number of aromatic nitrogens is 2. The molecule has 0 radical (unpaired) electrons. The number of imidazole rings is 1. The minimum atomic E-state index is 0.330. The predicted octanol–water partition coefficient (Wildman–Crippen LogP) is 1.06. The van der Waals surface area contributed by atoms with Crippen molar-refractivity contribution in [3.05, 3.63) is 18.2 Å². The van der Waals surface area contributed by atoms with Crippen molar-refractivity contribution in [3.63, 3.8) is 0 Å². The zero-order valence-electron chi connectivity index (χ0n) is 8.38. The van der Waals surface area contributed by atoms with E-state index in [1.165, 1.54) is 18.5 Å². The van der Waals surface area contributed by atoms with Crippen molar-refractivity contribution in [2.45, 2.75) is 25.2 Å². The third-order valence-electron chi connectivity index (χ3n) is 3.14. The Hall–Kier alpha value is -0.830. The van der Waals surface area contributed by atoms with Crippen LogP contribution in [0.4, 0.5) is 0 Å². The van der Waals surface area contributed by atoms with Gasteiger partial charge >= 0.3 is 0 Å². The topological polar surface area (TPSA) is 29.9 Å². The molecule has 0 aromatic carbocycles. The normalized spacial score (nSPS) is 21.7. The molecule has 1 N–H and O–H groups in total. The molecular formula is C10H17N3. The van der Waals surface area contributed by atoms with Crippen LogP contribution < -0.4 is 5.32 Å². The number of nitrogens with zero attached hydrogens (tertiary/aromatic N) is 2. The molecule has 2 rings (SSSR count). The molecule has 0 bridgehead atoms. The average molecular weight is 179 g/mol. The molecule has 72 valence electrons. The van der Waals surface area contributed by atoms with E-state index in [4.69, 9.17) is 0 Å². The largest absolute Gasteiger partial charge is 0.337 e. The minimum Gasteiger partial charge on any atom is -0.337 e. The molecule has 1 aromatic heterocycles. The van der Waals surface area contributed by atoms with Gasteiger partial charge in [-0.25, -0.2) is 4.98 Å². The van der Waals surface area contributed by atoms with E-state index < -0.39 is 0 Å². The highest BCUT2D eigenvalue weighted by Crippen LogP contribution is 2.31. The Balaban J connectivity index is 2.27. The second-order valence-electron chi connectivity index (χ2n) is 4.20. The molecule has 13 heavy (non-hydrogen) atoms. The first kappa shape index (κ1) is 8.75. The Morgan fingerprint density at radius 3 is 2.69 bits per heavy atom. The summed E-state index contributed by atoms with van der Waals surface area (Å²) in [6, 6.07) is 0. The summed E-state index contributed by atoms with van der Waals surface area (Å²) in [5, 5.41) is 3.39. The van der Waals surface area contributed by atoms with Gasteiger partial charge in [0, 0.05) is 24.4 Å². The van der Waals surface area contributed by atoms with Crippen molar-refractivity contribution in [2.24, 2.45) is 7.05 Å². The molecule has 1 aliphatic heterocycles. The van der Waals surface area contributed by atoms with Gasteiger partial charge in [0.15, 0.2) is 0 Å². The van der Waals surface area contributed by atoms with Crippen molar-refractivity contribution in [2.75, 3.05) is 13.1 Å². The van der Waals surface area contributed by atoms with Crippen molar-refractivity contribution >= 4 is 0 Å². The molecule has 3 nitrogen and oxygen atoms in total. The number of rotatable bonds is 1. The lowest BCUT2D eigenvalue weighted by molar-refractivity contribution is 0.320. The SMILES string of the molecule is Cn1cncc1C1(C)CCNCC1. The zero-order chi connectivity index (χ0) is 9.31.